The summed E-state index contributed by atoms with van der Waals surface area (Å²) in [6, 6.07) is 0.701. The highest BCUT2D eigenvalue weighted by Crippen LogP contribution is 2.52. The van der Waals surface area contributed by atoms with E-state index in [1.165, 1.54) is 43.0 Å². The third-order valence-electron chi connectivity index (χ3n) is 4.43. The summed E-state index contributed by atoms with van der Waals surface area (Å²) in [5.74, 6) is 0.855. The lowest BCUT2D eigenvalue weighted by Crippen LogP contribution is -2.53. The third-order valence-corrected chi connectivity index (χ3v) is 5.45. The second-order valence-corrected chi connectivity index (χ2v) is 5.90. The van der Waals surface area contributed by atoms with Gasteiger partial charge in [0.1, 0.15) is 0 Å². The Morgan fingerprint density at radius 1 is 1.29 bits per heavy atom. The van der Waals surface area contributed by atoms with Crippen LogP contribution < -0.4 is 0 Å². The summed E-state index contributed by atoms with van der Waals surface area (Å²) in [4.78, 5) is 5.95. The molecule has 0 aromatic carbocycles. The van der Waals surface area contributed by atoms with E-state index < -0.39 is 0 Å². The monoisotopic (exact) mass is 307 g/mol. The number of nitrogens with zero attached hydrogens (tertiary/aromatic N) is 1. The summed E-state index contributed by atoms with van der Waals surface area (Å²) < 4.78 is 1.23. The van der Waals surface area contributed by atoms with Gasteiger partial charge in [-0.1, -0.05) is 29.0 Å². The molecule has 2 nitrogen and oxygen atoms in total. The lowest BCUT2D eigenvalue weighted by Gasteiger charge is -2.44. The van der Waals surface area contributed by atoms with Crippen molar-refractivity contribution in [3.05, 3.63) is 0 Å². The second kappa shape index (κ2) is 3.59. The lowest BCUT2D eigenvalue weighted by atomic mass is 9.79. The molecule has 0 aromatic rings. The van der Waals surface area contributed by atoms with Gasteiger partial charge in [0.05, 0.1) is 12.1 Å². The Bertz CT molecular complexity index is 235. The normalized spacial score (nSPS) is 47.8. The molecular weight excluding hydrogens is 289 g/mol. The van der Waals surface area contributed by atoms with Crippen molar-refractivity contribution in [3.63, 3.8) is 0 Å². The molecule has 0 unspecified atom stereocenters. The van der Waals surface area contributed by atoms with Crippen LogP contribution in [0.1, 0.15) is 38.5 Å². The zero-order valence-electron chi connectivity index (χ0n) is 8.54. The molecule has 0 bridgehead atoms. The van der Waals surface area contributed by atoms with Gasteiger partial charge in [0, 0.05) is 16.4 Å². The maximum atomic E-state index is 5.95. The fourth-order valence-electron chi connectivity index (χ4n) is 3.76. The molecule has 2 aliphatic heterocycles. The van der Waals surface area contributed by atoms with Crippen LogP contribution in [-0.2, 0) is 4.84 Å². The number of hydrogen-bond acceptors (Lipinski definition) is 2. The lowest BCUT2D eigenvalue weighted by molar-refractivity contribution is -0.204. The van der Waals surface area contributed by atoms with Gasteiger partial charge in [-0.15, -0.1) is 0 Å². The molecule has 0 amide bonds. The van der Waals surface area contributed by atoms with Gasteiger partial charge in [-0.25, -0.2) is 0 Å². The van der Waals surface area contributed by atoms with Crippen LogP contribution >= 0.6 is 22.6 Å². The molecule has 0 N–H and O–H groups in total. The Morgan fingerprint density at radius 3 is 2.86 bits per heavy atom. The molecule has 3 fully saturated rings. The van der Waals surface area contributed by atoms with Gasteiger partial charge >= 0.3 is 0 Å². The van der Waals surface area contributed by atoms with Crippen molar-refractivity contribution in [2.75, 3.05) is 11.0 Å². The quantitative estimate of drug-likeness (QED) is 0.545. The van der Waals surface area contributed by atoms with Gasteiger partial charge in [0.2, 0.25) is 0 Å². The summed E-state index contributed by atoms with van der Waals surface area (Å²) in [6.07, 6.45) is 8.39. The van der Waals surface area contributed by atoms with Gasteiger partial charge in [-0.3, -0.25) is 4.84 Å². The van der Waals surface area contributed by atoms with E-state index in [0.29, 0.717) is 11.6 Å². The van der Waals surface area contributed by atoms with Crippen molar-refractivity contribution in [3.8, 4) is 0 Å². The van der Waals surface area contributed by atoms with Gasteiger partial charge in [0.15, 0.2) is 0 Å². The highest BCUT2D eigenvalue weighted by Gasteiger charge is 2.55. The molecule has 1 aliphatic carbocycles. The summed E-state index contributed by atoms with van der Waals surface area (Å²) in [7, 11) is 0. The predicted molar refractivity (Wildman–Crippen MR) is 64.4 cm³/mol. The average Bonchev–Trinajstić information content (AvgIpc) is 2.72. The minimum atomic E-state index is 0.480. The molecule has 80 valence electrons. The van der Waals surface area contributed by atoms with Crippen LogP contribution in [0, 0.1) is 5.92 Å². The molecule has 14 heavy (non-hydrogen) atoms. The van der Waals surface area contributed by atoms with Crippen molar-refractivity contribution in [2.45, 2.75) is 50.1 Å². The fourth-order valence-corrected chi connectivity index (χ4v) is 4.56. The van der Waals surface area contributed by atoms with Crippen LogP contribution in [0.3, 0.4) is 0 Å². The fraction of sp³-hybridized carbons (Fsp3) is 1.00. The van der Waals surface area contributed by atoms with E-state index in [-0.39, 0.29) is 0 Å². The van der Waals surface area contributed by atoms with E-state index in [9.17, 15) is 0 Å². The van der Waals surface area contributed by atoms with Crippen molar-refractivity contribution in [1.82, 2.24) is 5.06 Å². The number of alkyl halides is 1. The van der Waals surface area contributed by atoms with Crippen LogP contribution in [0.5, 0.6) is 0 Å². The molecule has 2 saturated heterocycles. The van der Waals surface area contributed by atoms with Gasteiger partial charge < -0.3 is 0 Å². The first-order valence-corrected chi connectivity index (χ1v) is 7.37. The Hall–Kier alpha value is 0.650. The number of rotatable bonds is 1. The summed E-state index contributed by atoms with van der Waals surface area (Å²) in [6.45, 7) is 1.01. The van der Waals surface area contributed by atoms with Crippen molar-refractivity contribution in [2.24, 2.45) is 5.92 Å². The molecule has 3 aliphatic rings. The molecule has 2 heterocycles. The topological polar surface area (TPSA) is 12.5 Å². The smallest absolute Gasteiger partial charge is 0.0732 e. The van der Waals surface area contributed by atoms with Crippen molar-refractivity contribution in [1.29, 1.82) is 0 Å². The average molecular weight is 307 g/mol. The highest BCUT2D eigenvalue weighted by molar-refractivity contribution is 14.1. The van der Waals surface area contributed by atoms with E-state index in [1.807, 2.05) is 0 Å². The first kappa shape index (κ1) is 9.85. The number of hydroxylamine groups is 2. The first-order chi connectivity index (χ1) is 6.87. The van der Waals surface area contributed by atoms with E-state index in [2.05, 4.69) is 27.7 Å². The molecule has 1 spiro atoms. The SMILES string of the molecule is IC[C@@H]1CCC[C@@]23CCC[C@@H]2CON13. The molecular formula is C11H18INO. The summed E-state index contributed by atoms with van der Waals surface area (Å²) >= 11 is 2.51. The van der Waals surface area contributed by atoms with E-state index in [4.69, 9.17) is 4.84 Å². The Balaban J connectivity index is 1.89. The van der Waals surface area contributed by atoms with Crippen LogP contribution in [0.2, 0.25) is 0 Å². The van der Waals surface area contributed by atoms with Crippen LogP contribution in [0.25, 0.3) is 0 Å². The Labute approximate surface area is 99.5 Å². The predicted octanol–water partition coefficient (Wildman–Crippen LogP) is 2.76. The van der Waals surface area contributed by atoms with E-state index in [0.717, 1.165) is 12.5 Å². The van der Waals surface area contributed by atoms with E-state index >= 15 is 0 Å². The second-order valence-electron chi connectivity index (χ2n) is 5.01. The molecule has 3 atom stereocenters. The zero-order valence-corrected chi connectivity index (χ0v) is 10.7. The minimum Gasteiger partial charge on any atom is -0.298 e. The zero-order chi connectivity index (χ0) is 9.60. The van der Waals surface area contributed by atoms with Crippen LogP contribution in [0.15, 0.2) is 0 Å². The maximum absolute atomic E-state index is 5.95. The largest absolute Gasteiger partial charge is 0.298 e. The molecule has 1 saturated carbocycles. The highest BCUT2D eigenvalue weighted by atomic mass is 127. The molecule has 0 radical (unpaired) electrons. The van der Waals surface area contributed by atoms with Gasteiger partial charge in [-0.2, -0.15) is 5.06 Å². The minimum absolute atomic E-state index is 0.480. The number of hydrogen-bond donors (Lipinski definition) is 0. The summed E-state index contributed by atoms with van der Waals surface area (Å²) in [5, 5.41) is 2.42. The Morgan fingerprint density at radius 2 is 2.07 bits per heavy atom. The van der Waals surface area contributed by atoms with Crippen LogP contribution in [0.4, 0.5) is 0 Å². The standard InChI is InChI=1S/C11H18INO/c12-7-10-4-2-6-11-5-1-3-9(11)8-14-13(10)11/h9-10H,1-8H2/t9-,10+,11+/m1/s1. The molecule has 0 aromatic heterocycles. The van der Waals surface area contributed by atoms with Crippen molar-refractivity contribution < 1.29 is 4.84 Å². The van der Waals surface area contributed by atoms with Gasteiger partial charge in [0.25, 0.3) is 0 Å². The first-order valence-electron chi connectivity index (χ1n) is 5.85. The van der Waals surface area contributed by atoms with Crippen LogP contribution in [-0.4, -0.2) is 27.7 Å². The summed E-state index contributed by atoms with van der Waals surface area (Å²) in [5.41, 5.74) is 0.480. The van der Waals surface area contributed by atoms with E-state index in [1.54, 1.807) is 0 Å². The van der Waals surface area contributed by atoms with Crippen molar-refractivity contribution >= 4 is 22.6 Å². The Kier molecular flexibility index (Phi) is 2.53. The maximum Gasteiger partial charge on any atom is 0.0732 e. The molecule has 3 heteroatoms. The third kappa shape index (κ3) is 1.21. The number of halogens is 1. The van der Waals surface area contributed by atoms with Gasteiger partial charge in [-0.05, 0) is 32.1 Å². The number of piperidine rings is 1. The molecule has 3 rings (SSSR count).